The maximum atomic E-state index is 12.1. The van der Waals surface area contributed by atoms with Gasteiger partial charge in [-0.3, -0.25) is 14.3 Å². The number of nitrogens with zero attached hydrogens (tertiary/aromatic N) is 2. The maximum absolute atomic E-state index is 12.1. The van der Waals surface area contributed by atoms with E-state index in [1.165, 1.54) is 7.11 Å². The molecule has 118 valence electrons. The van der Waals surface area contributed by atoms with Crippen LogP contribution >= 0.6 is 0 Å². The van der Waals surface area contributed by atoms with Gasteiger partial charge in [-0.25, -0.2) is 8.42 Å². The molecule has 1 aromatic heterocycles. The summed E-state index contributed by atoms with van der Waals surface area (Å²) in [6.45, 7) is 2.93. The Labute approximate surface area is 121 Å². The number of carbonyl (C=O) groups is 2. The van der Waals surface area contributed by atoms with E-state index in [0.717, 1.165) is 17.1 Å². The Hall–Kier alpha value is -1.94. The SMILES string of the molecule is COC(=O)Cn1cc(S(=O)(=O)N[C@H](C(=O)O)C(C)C)cn1. The van der Waals surface area contributed by atoms with Crippen LogP contribution in [-0.4, -0.2) is 48.4 Å². The zero-order valence-electron chi connectivity index (χ0n) is 11.8. The minimum atomic E-state index is -4.04. The Morgan fingerprint density at radius 3 is 2.57 bits per heavy atom. The fraction of sp³-hybridized carbons (Fsp3) is 0.545. The lowest BCUT2D eigenvalue weighted by Gasteiger charge is -2.17. The molecule has 9 nitrogen and oxygen atoms in total. The first-order chi connectivity index (χ1) is 9.67. The Bertz CT molecular complexity index is 622. The number of rotatable bonds is 7. The summed E-state index contributed by atoms with van der Waals surface area (Å²) in [5, 5.41) is 12.7. The monoisotopic (exact) mass is 319 g/mol. The van der Waals surface area contributed by atoms with Crippen LogP contribution < -0.4 is 4.72 Å². The highest BCUT2D eigenvalue weighted by Crippen LogP contribution is 2.11. The van der Waals surface area contributed by atoms with Crippen LogP contribution in [0.1, 0.15) is 13.8 Å². The van der Waals surface area contributed by atoms with Crippen LogP contribution in [0.5, 0.6) is 0 Å². The van der Waals surface area contributed by atoms with Crippen molar-refractivity contribution in [1.82, 2.24) is 14.5 Å². The number of methoxy groups -OCH3 is 1. The molecule has 0 amide bonds. The predicted molar refractivity (Wildman–Crippen MR) is 70.8 cm³/mol. The first kappa shape index (κ1) is 17.1. The molecule has 0 aromatic carbocycles. The highest BCUT2D eigenvalue weighted by atomic mass is 32.2. The van der Waals surface area contributed by atoms with Gasteiger partial charge in [-0.15, -0.1) is 0 Å². The number of carboxylic acids is 1. The normalized spacial score (nSPS) is 13.1. The molecule has 1 atom stereocenters. The van der Waals surface area contributed by atoms with Gasteiger partial charge in [0.1, 0.15) is 17.5 Å². The van der Waals surface area contributed by atoms with E-state index in [2.05, 4.69) is 14.6 Å². The van der Waals surface area contributed by atoms with Crippen molar-refractivity contribution in [2.24, 2.45) is 5.92 Å². The Morgan fingerprint density at radius 1 is 1.48 bits per heavy atom. The minimum Gasteiger partial charge on any atom is -0.480 e. The third-order valence-corrected chi connectivity index (χ3v) is 4.05. The maximum Gasteiger partial charge on any atom is 0.327 e. The van der Waals surface area contributed by atoms with Crippen molar-refractivity contribution in [2.45, 2.75) is 31.3 Å². The standard InChI is InChI=1S/C11H17N3O6S/c1-7(2)10(11(16)17)13-21(18,19)8-4-12-14(5-8)6-9(15)20-3/h4-5,7,10,13H,6H2,1-3H3,(H,16,17)/t10-/m0/s1. The van der Waals surface area contributed by atoms with Gasteiger partial charge in [0, 0.05) is 6.20 Å². The van der Waals surface area contributed by atoms with Gasteiger partial charge in [-0.05, 0) is 5.92 Å². The van der Waals surface area contributed by atoms with Gasteiger partial charge in [0.15, 0.2) is 0 Å². The average Bonchev–Trinajstić information content (AvgIpc) is 2.84. The molecule has 1 aromatic rings. The summed E-state index contributed by atoms with van der Waals surface area (Å²) in [7, 11) is -2.84. The quantitative estimate of drug-likeness (QED) is 0.645. The van der Waals surface area contributed by atoms with Crippen molar-refractivity contribution in [2.75, 3.05) is 7.11 Å². The number of hydrogen-bond acceptors (Lipinski definition) is 6. The van der Waals surface area contributed by atoms with Crippen molar-refractivity contribution in [1.29, 1.82) is 0 Å². The van der Waals surface area contributed by atoms with Gasteiger partial charge < -0.3 is 9.84 Å². The zero-order chi connectivity index (χ0) is 16.2. The van der Waals surface area contributed by atoms with Gasteiger partial charge in [0.2, 0.25) is 10.0 Å². The lowest BCUT2D eigenvalue weighted by Crippen LogP contribution is -2.44. The number of esters is 1. The molecule has 0 aliphatic carbocycles. The van der Waals surface area contributed by atoms with Crippen LogP contribution in [-0.2, 0) is 30.9 Å². The summed E-state index contributed by atoms with van der Waals surface area (Å²) in [6, 6.07) is -1.25. The molecule has 1 heterocycles. The topological polar surface area (TPSA) is 128 Å². The first-order valence-corrected chi connectivity index (χ1v) is 7.50. The molecule has 0 fully saturated rings. The largest absolute Gasteiger partial charge is 0.480 e. The summed E-state index contributed by atoms with van der Waals surface area (Å²) in [4.78, 5) is 21.9. The summed E-state index contributed by atoms with van der Waals surface area (Å²) in [5.74, 6) is -2.28. The Kier molecular flexibility index (Phi) is 5.44. The predicted octanol–water partition coefficient (Wildman–Crippen LogP) is -0.556. The second-order valence-electron chi connectivity index (χ2n) is 4.63. The third kappa shape index (κ3) is 4.53. The van der Waals surface area contributed by atoms with E-state index in [1.54, 1.807) is 13.8 Å². The van der Waals surface area contributed by atoms with Crippen LogP contribution in [0.2, 0.25) is 0 Å². The van der Waals surface area contributed by atoms with Crippen LogP contribution in [0.3, 0.4) is 0 Å². The second-order valence-corrected chi connectivity index (χ2v) is 6.34. The minimum absolute atomic E-state index is 0.224. The molecular formula is C11H17N3O6S. The van der Waals surface area contributed by atoms with Crippen molar-refractivity contribution >= 4 is 22.0 Å². The van der Waals surface area contributed by atoms with Crippen LogP contribution in [0.25, 0.3) is 0 Å². The number of aliphatic carboxylic acids is 1. The lowest BCUT2D eigenvalue weighted by atomic mass is 10.1. The van der Waals surface area contributed by atoms with E-state index >= 15 is 0 Å². The number of carbonyl (C=O) groups excluding carboxylic acids is 1. The lowest BCUT2D eigenvalue weighted by molar-refractivity contribution is -0.141. The Balaban J connectivity index is 2.93. The van der Waals surface area contributed by atoms with E-state index in [0.29, 0.717) is 0 Å². The van der Waals surface area contributed by atoms with E-state index in [9.17, 15) is 18.0 Å². The third-order valence-electron chi connectivity index (χ3n) is 2.65. The van der Waals surface area contributed by atoms with Crippen molar-refractivity contribution < 1.29 is 27.9 Å². The number of ether oxygens (including phenoxy) is 1. The van der Waals surface area contributed by atoms with E-state index < -0.39 is 33.9 Å². The van der Waals surface area contributed by atoms with Gasteiger partial charge in [-0.1, -0.05) is 13.8 Å². The molecule has 0 spiro atoms. The summed E-state index contributed by atoms with van der Waals surface area (Å²) in [5.41, 5.74) is 0. The zero-order valence-corrected chi connectivity index (χ0v) is 12.6. The Morgan fingerprint density at radius 2 is 2.10 bits per heavy atom. The smallest absolute Gasteiger partial charge is 0.327 e. The highest BCUT2D eigenvalue weighted by molar-refractivity contribution is 7.89. The van der Waals surface area contributed by atoms with Crippen LogP contribution in [0, 0.1) is 5.92 Å². The van der Waals surface area contributed by atoms with Gasteiger partial charge >= 0.3 is 11.9 Å². The van der Waals surface area contributed by atoms with Crippen molar-refractivity contribution in [3.8, 4) is 0 Å². The van der Waals surface area contributed by atoms with Gasteiger partial charge in [-0.2, -0.15) is 9.82 Å². The molecule has 2 N–H and O–H groups in total. The van der Waals surface area contributed by atoms with Crippen LogP contribution in [0.4, 0.5) is 0 Å². The van der Waals surface area contributed by atoms with Crippen molar-refractivity contribution in [3.63, 3.8) is 0 Å². The van der Waals surface area contributed by atoms with Gasteiger partial charge in [0.05, 0.1) is 13.3 Å². The molecular weight excluding hydrogens is 302 g/mol. The second kappa shape index (κ2) is 6.68. The van der Waals surface area contributed by atoms with E-state index in [1.807, 2.05) is 0 Å². The van der Waals surface area contributed by atoms with Gasteiger partial charge in [0.25, 0.3) is 0 Å². The van der Waals surface area contributed by atoms with E-state index in [4.69, 9.17) is 5.11 Å². The van der Waals surface area contributed by atoms with E-state index in [-0.39, 0.29) is 11.4 Å². The molecule has 0 aliphatic rings. The summed E-state index contributed by atoms with van der Waals surface area (Å²) < 4.78 is 31.8. The van der Waals surface area contributed by atoms with Crippen molar-refractivity contribution in [3.05, 3.63) is 12.4 Å². The average molecular weight is 319 g/mol. The fourth-order valence-electron chi connectivity index (χ4n) is 1.47. The molecule has 0 radical (unpaired) electrons. The number of hydrogen-bond donors (Lipinski definition) is 2. The summed E-state index contributed by atoms with van der Waals surface area (Å²) in [6.07, 6.45) is 2.16. The number of aromatic nitrogens is 2. The summed E-state index contributed by atoms with van der Waals surface area (Å²) >= 11 is 0. The number of nitrogens with one attached hydrogen (secondary N) is 1. The molecule has 0 unspecified atom stereocenters. The van der Waals surface area contributed by atoms with Crippen LogP contribution in [0.15, 0.2) is 17.3 Å². The highest BCUT2D eigenvalue weighted by Gasteiger charge is 2.28. The molecule has 21 heavy (non-hydrogen) atoms. The molecule has 10 heteroatoms. The first-order valence-electron chi connectivity index (χ1n) is 6.01. The molecule has 0 aliphatic heterocycles. The number of sulfonamides is 1. The number of carboxylic acid groups (broad SMARTS) is 1. The molecule has 0 bridgehead atoms. The molecule has 0 saturated carbocycles. The molecule has 1 rings (SSSR count). The molecule has 0 saturated heterocycles. The fourth-order valence-corrected chi connectivity index (χ4v) is 2.76.